The molecule has 0 bridgehead atoms. The first-order chi connectivity index (χ1) is 16.4. The number of aryl methyl sites for hydroxylation is 1. The van der Waals surface area contributed by atoms with Gasteiger partial charge in [0.2, 0.25) is 5.78 Å². The normalized spacial score (nSPS) is 16.0. The molecule has 0 aliphatic carbocycles. The van der Waals surface area contributed by atoms with Gasteiger partial charge in [0.25, 0.3) is 0 Å². The Morgan fingerprint density at radius 3 is 2.50 bits per heavy atom. The maximum Gasteiger partial charge on any atom is 0.337 e. The van der Waals surface area contributed by atoms with Crippen LogP contribution in [0.2, 0.25) is 0 Å². The van der Waals surface area contributed by atoms with Crippen LogP contribution in [-0.2, 0) is 17.8 Å². The summed E-state index contributed by atoms with van der Waals surface area (Å²) in [6.45, 7) is 5.94. The van der Waals surface area contributed by atoms with E-state index < -0.39 is 5.97 Å². The Bertz CT molecular complexity index is 1310. The summed E-state index contributed by atoms with van der Waals surface area (Å²) in [5, 5.41) is 0. The van der Waals surface area contributed by atoms with Crippen molar-refractivity contribution in [2.24, 2.45) is 0 Å². The third kappa shape index (κ3) is 4.08. The summed E-state index contributed by atoms with van der Waals surface area (Å²) in [7, 11) is 1.34. The molecular weight excluding hydrogens is 430 g/mol. The number of ketones is 1. The monoisotopic (exact) mass is 455 g/mol. The number of benzene rings is 3. The van der Waals surface area contributed by atoms with Crippen LogP contribution < -0.4 is 9.47 Å². The van der Waals surface area contributed by atoms with Crippen molar-refractivity contribution in [2.75, 3.05) is 13.8 Å². The molecule has 2 aliphatic heterocycles. The van der Waals surface area contributed by atoms with Gasteiger partial charge in [0.05, 0.1) is 18.2 Å². The number of methoxy groups -OCH3 is 1. The van der Waals surface area contributed by atoms with Gasteiger partial charge >= 0.3 is 5.97 Å². The summed E-state index contributed by atoms with van der Waals surface area (Å²) < 4.78 is 16.8. The van der Waals surface area contributed by atoms with Gasteiger partial charge in [-0.25, -0.2) is 4.79 Å². The molecule has 0 radical (unpaired) electrons. The maximum atomic E-state index is 13.1. The molecule has 0 atom stereocenters. The van der Waals surface area contributed by atoms with Crippen LogP contribution in [0.5, 0.6) is 11.5 Å². The van der Waals surface area contributed by atoms with Crippen LogP contribution in [0, 0.1) is 13.8 Å². The second kappa shape index (κ2) is 8.80. The van der Waals surface area contributed by atoms with E-state index in [1.54, 1.807) is 30.3 Å². The third-order valence-corrected chi connectivity index (χ3v) is 6.16. The van der Waals surface area contributed by atoms with E-state index in [4.69, 9.17) is 14.2 Å². The summed E-state index contributed by atoms with van der Waals surface area (Å²) in [6.07, 6.45) is 1.69. The summed E-state index contributed by atoms with van der Waals surface area (Å²) >= 11 is 0. The van der Waals surface area contributed by atoms with E-state index in [1.807, 2.05) is 13.0 Å². The van der Waals surface area contributed by atoms with Crippen molar-refractivity contribution in [3.8, 4) is 11.5 Å². The highest BCUT2D eigenvalue weighted by molar-refractivity contribution is 6.15. The predicted octanol–water partition coefficient (Wildman–Crippen LogP) is 5.06. The van der Waals surface area contributed by atoms with E-state index in [2.05, 4.69) is 36.1 Å². The van der Waals surface area contributed by atoms with Gasteiger partial charge in [-0.15, -0.1) is 0 Å². The molecule has 0 unspecified atom stereocenters. The minimum absolute atomic E-state index is 0.159. The molecule has 0 N–H and O–H groups in total. The molecule has 6 heteroatoms. The summed E-state index contributed by atoms with van der Waals surface area (Å²) in [6, 6.07) is 17.2. The molecule has 5 rings (SSSR count). The highest BCUT2D eigenvalue weighted by atomic mass is 16.5. The number of hydrogen-bond acceptors (Lipinski definition) is 6. The van der Waals surface area contributed by atoms with Crippen molar-refractivity contribution in [2.45, 2.75) is 26.9 Å². The van der Waals surface area contributed by atoms with Gasteiger partial charge < -0.3 is 14.2 Å². The fraction of sp³-hybridized carbons (Fsp3) is 0.214. The molecule has 2 aliphatic rings. The molecule has 6 nitrogen and oxygen atoms in total. The van der Waals surface area contributed by atoms with Crippen molar-refractivity contribution in [3.63, 3.8) is 0 Å². The van der Waals surface area contributed by atoms with E-state index in [9.17, 15) is 9.59 Å². The van der Waals surface area contributed by atoms with Gasteiger partial charge in [0, 0.05) is 24.2 Å². The number of Topliss-reactive ketones (excluding diaryl/α,β-unsaturated/α-hetero) is 1. The molecule has 2 heterocycles. The lowest BCUT2D eigenvalue weighted by Gasteiger charge is -2.30. The fourth-order valence-corrected chi connectivity index (χ4v) is 4.33. The number of hydrogen-bond donors (Lipinski definition) is 0. The fourth-order valence-electron chi connectivity index (χ4n) is 4.33. The minimum atomic E-state index is -0.405. The largest absolute Gasteiger partial charge is 0.477 e. The maximum absolute atomic E-state index is 13.1. The minimum Gasteiger partial charge on any atom is -0.477 e. The Hall–Kier alpha value is -3.90. The number of carbonyl (C=O) groups excluding carboxylic acids is 2. The number of fused-ring (bicyclic) bond motifs is 2. The lowest BCUT2D eigenvalue weighted by molar-refractivity contribution is 0.0600. The highest BCUT2D eigenvalue weighted by Crippen LogP contribution is 2.43. The Balaban J connectivity index is 1.38. The van der Waals surface area contributed by atoms with Crippen molar-refractivity contribution in [1.82, 2.24) is 4.90 Å². The quantitative estimate of drug-likeness (QED) is 0.405. The average molecular weight is 456 g/mol. The lowest BCUT2D eigenvalue weighted by atomic mass is 9.99. The van der Waals surface area contributed by atoms with Crippen molar-refractivity contribution in [1.29, 1.82) is 0 Å². The SMILES string of the molecule is COC(=O)c1ccc(/C=C2\Oc3c(cc4c(c3C)OCN(Cc3ccc(C)cc3)C4)C2=O)cc1. The molecule has 3 aromatic carbocycles. The molecule has 34 heavy (non-hydrogen) atoms. The van der Waals surface area contributed by atoms with Crippen LogP contribution in [0.3, 0.4) is 0 Å². The topological polar surface area (TPSA) is 65.1 Å². The van der Waals surface area contributed by atoms with Crippen LogP contribution in [0.25, 0.3) is 6.08 Å². The van der Waals surface area contributed by atoms with E-state index >= 15 is 0 Å². The van der Waals surface area contributed by atoms with Crippen LogP contribution in [0.4, 0.5) is 0 Å². The van der Waals surface area contributed by atoms with Gasteiger partial charge in [-0.05, 0) is 49.2 Å². The Morgan fingerprint density at radius 2 is 1.79 bits per heavy atom. The summed E-state index contributed by atoms with van der Waals surface area (Å²) in [5.41, 5.74) is 6.02. The molecule has 0 saturated carbocycles. The van der Waals surface area contributed by atoms with Gasteiger partial charge in [-0.1, -0.05) is 42.0 Å². The Labute approximate surface area is 198 Å². The Morgan fingerprint density at radius 1 is 1.06 bits per heavy atom. The second-order valence-electron chi connectivity index (χ2n) is 8.67. The average Bonchev–Trinajstić information content (AvgIpc) is 3.16. The molecule has 0 spiro atoms. The van der Waals surface area contributed by atoms with E-state index in [0.717, 1.165) is 29.0 Å². The zero-order valence-corrected chi connectivity index (χ0v) is 19.4. The smallest absolute Gasteiger partial charge is 0.337 e. The van der Waals surface area contributed by atoms with Crippen LogP contribution in [-0.4, -0.2) is 30.5 Å². The van der Waals surface area contributed by atoms with Crippen molar-refractivity contribution in [3.05, 3.63) is 99.3 Å². The first-order valence-electron chi connectivity index (χ1n) is 11.1. The van der Waals surface area contributed by atoms with Gasteiger partial charge in [-0.2, -0.15) is 0 Å². The molecule has 0 aromatic heterocycles. The lowest BCUT2D eigenvalue weighted by Crippen LogP contribution is -2.32. The zero-order chi connectivity index (χ0) is 23.8. The van der Waals surface area contributed by atoms with Crippen LogP contribution >= 0.6 is 0 Å². The molecule has 0 saturated heterocycles. The third-order valence-electron chi connectivity index (χ3n) is 6.16. The first kappa shape index (κ1) is 21.9. The van der Waals surface area contributed by atoms with Gasteiger partial charge in [0.15, 0.2) is 5.76 Å². The van der Waals surface area contributed by atoms with Gasteiger partial charge in [-0.3, -0.25) is 9.69 Å². The predicted molar refractivity (Wildman–Crippen MR) is 128 cm³/mol. The summed E-state index contributed by atoms with van der Waals surface area (Å²) in [5.74, 6) is 1.03. The number of esters is 1. The molecule has 0 amide bonds. The molecule has 172 valence electrons. The highest BCUT2D eigenvalue weighted by Gasteiger charge is 2.33. The number of nitrogens with zero attached hydrogens (tertiary/aromatic N) is 1. The number of allylic oxidation sites excluding steroid dienone is 1. The number of ether oxygens (including phenoxy) is 3. The van der Waals surface area contributed by atoms with Crippen LogP contribution in [0.1, 0.15) is 48.5 Å². The standard InChI is InChI=1S/C28H25NO5/c1-17-4-6-20(7-5-17)14-29-15-22-13-23-25(30)24(34-27(23)18(2)26(22)33-16-29)12-19-8-10-21(11-9-19)28(31)32-3/h4-13H,14-16H2,1-3H3/b24-12-. The van der Waals surface area contributed by atoms with Gasteiger partial charge in [0.1, 0.15) is 18.2 Å². The van der Waals surface area contributed by atoms with Crippen molar-refractivity contribution >= 4 is 17.8 Å². The van der Waals surface area contributed by atoms with Crippen molar-refractivity contribution < 1.29 is 23.8 Å². The van der Waals surface area contributed by atoms with E-state index in [-0.39, 0.29) is 11.5 Å². The molecular formula is C28H25NO5. The molecule has 0 fully saturated rings. The van der Waals surface area contributed by atoms with E-state index in [1.165, 1.54) is 18.2 Å². The van der Waals surface area contributed by atoms with E-state index in [0.29, 0.717) is 30.2 Å². The summed E-state index contributed by atoms with van der Waals surface area (Å²) in [4.78, 5) is 27.0. The zero-order valence-electron chi connectivity index (χ0n) is 19.4. The molecule has 3 aromatic rings. The van der Waals surface area contributed by atoms with Crippen LogP contribution in [0.15, 0.2) is 60.4 Å². The first-order valence-corrected chi connectivity index (χ1v) is 11.1. The Kier molecular flexibility index (Phi) is 5.67. The number of carbonyl (C=O) groups is 2. The number of rotatable bonds is 4. The second-order valence-corrected chi connectivity index (χ2v) is 8.67.